The van der Waals surface area contributed by atoms with Crippen molar-refractivity contribution in [1.82, 2.24) is 9.29 Å². The molecule has 0 aliphatic carbocycles. The van der Waals surface area contributed by atoms with E-state index in [9.17, 15) is 26.4 Å². The number of aldehydes is 1. The number of benzene rings is 2. The molecule has 1 aliphatic heterocycles. The highest BCUT2D eigenvalue weighted by molar-refractivity contribution is 7.89. The lowest BCUT2D eigenvalue weighted by Gasteiger charge is -2.20. The lowest BCUT2D eigenvalue weighted by atomic mass is 10.0. The number of sulfonamides is 1. The average Bonchev–Trinajstić information content (AvgIpc) is 2.89. The Kier molecular flexibility index (Phi) is 5.65. The second-order valence-corrected chi connectivity index (χ2v) is 9.57. The zero-order valence-electron chi connectivity index (χ0n) is 16.6. The van der Waals surface area contributed by atoms with Crippen molar-refractivity contribution in [2.24, 2.45) is 0 Å². The molecular weight excluding hydrogens is 429 g/mol. The van der Waals surface area contributed by atoms with Crippen molar-refractivity contribution in [1.29, 1.82) is 0 Å². The van der Waals surface area contributed by atoms with Crippen LogP contribution < -0.4 is 0 Å². The van der Waals surface area contributed by atoms with Gasteiger partial charge in [-0.3, -0.25) is 4.79 Å². The Morgan fingerprint density at radius 1 is 0.935 bits per heavy atom. The zero-order valence-corrected chi connectivity index (χ0v) is 17.4. The maximum atomic E-state index is 13.1. The number of hydrogen-bond acceptors (Lipinski definition) is 3. The van der Waals surface area contributed by atoms with E-state index in [4.69, 9.17) is 0 Å². The van der Waals surface area contributed by atoms with Gasteiger partial charge in [0.25, 0.3) is 0 Å². The minimum Gasteiger partial charge on any atom is -0.354 e. The van der Waals surface area contributed by atoms with Gasteiger partial charge >= 0.3 is 6.18 Å². The summed E-state index contributed by atoms with van der Waals surface area (Å²) < 4.78 is 66.2. The van der Waals surface area contributed by atoms with Crippen LogP contribution in [0.5, 0.6) is 0 Å². The zero-order chi connectivity index (χ0) is 22.2. The van der Waals surface area contributed by atoms with Crippen molar-refractivity contribution >= 4 is 27.2 Å². The van der Waals surface area contributed by atoms with Gasteiger partial charge < -0.3 is 4.98 Å². The number of hydrogen-bond donors (Lipinski definition) is 1. The maximum Gasteiger partial charge on any atom is 0.416 e. The van der Waals surface area contributed by atoms with Crippen molar-refractivity contribution in [2.45, 2.75) is 36.8 Å². The molecule has 1 N–H and O–H groups in total. The first kappa shape index (κ1) is 21.6. The molecule has 3 aromatic rings. The quantitative estimate of drug-likeness (QED) is 0.554. The molecule has 1 aromatic heterocycles. The Hall–Kier alpha value is -2.65. The fourth-order valence-electron chi connectivity index (χ4n) is 3.96. The molecule has 164 valence electrons. The molecule has 0 unspecified atom stereocenters. The SMILES string of the molecule is O=Cc1c(-c2ccc(C(F)(F)F)cc2)[nH]c2ccc(S(=O)(=O)N3CCCCCC3)cc12. The smallest absolute Gasteiger partial charge is 0.354 e. The van der Waals surface area contributed by atoms with E-state index in [1.807, 2.05) is 0 Å². The summed E-state index contributed by atoms with van der Waals surface area (Å²) in [5.41, 5.74) is 0.714. The molecular formula is C22H21F3N2O3S. The number of aromatic nitrogens is 1. The van der Waals surface area contributed by atoms with E-state index in [1.54, 1.807) is 6.07 Å². The third-order valence-electron chi connectivity index (χ3n) is 5.63. The molecule has 2 heterocycles. The van der Waals surface area contributed by atoms with Crippen LogP contribution in [-0.2, 0) is 16.2 Å². The number of H-pyrrole nitrogens is 1. The van der Waals surface area contributed by atoms with Crippen LogP contribution in [0.15, 0.2) is 47.4 Å². The van der Waals surface area contributed by atoms with Gasteiger partial charge in [-0.1, -0.05) is 25.0 Å². The van der Waals surface area contributed by atoms with Gasteiger partial charge in [-0.15, -0.1) is 0 Å². The van der Waals surface area contributed by atoms with E-state index < -0.39 is 21.8 Å². The Morgan fingerprint density at radius 2 is 1.58 bits per heavy atom. The standard InChI is InChI=1S/C22H21F3N2O3S/c23-22(24,25)16-7-5-15(6-8-16)21-19(14-28)18-13-17(9-10-20(18)26-21)31(29,30)27-11-3-1-2-4-12-27/h5-10,13-14,26H,1-4,11-12H2. The van der Waals surface area contributed by atoms with Crippen LogP contribution in [-0.4, -0.2) is 37.1 Å². The first-order chi connectivity index (χ1) is 14.7. The van der Waals surface area contributed by atoms with E-state index in [-0.39, 0.29) is 10.5 Å². The van der Waals surface area contributed by atoms with Gasteiger partial charge in [0.15, 0.2) is 6.29 Å². The van der Waals surface area contributed by atoms with Crippen LogP contribution >= 0.6 is 0 Å². The van der Waals surface area contributed by atoms with Gasteiger partial charge in [0.2, 0.25) is 10.0 Å². The number of fused-ring (bicyclic) bond motifs is 1. The van der Waals surface area contributed by atoms with Crippen LogP contribution in [0.25, 0.3) is 22.2 Å². The topological polar surface area (TPSA) is 70.2 Å². The Balaban J connectivity index is 1.76. The lowest BCUT2D eigenvalue weighted by Crippen LogP contribution is -2.31. The molecule has 5 nitrogen and oxygen atoms in total. The Morgan fingerprint density at radius 3 is 2.16 bits per heavy atom. The monoisotopic (exact) mass is 450 g/mol. The van der Waals surface area contributed by atoms with E-state index in [0.29, 0.717) is 41.5 Å². The Bertz CT molecular complexity index is 1210. The van der Waals surface area contributed by atoms with Gasteiger partial charge in [0.1, 0.15) is 0 Å². The fourth-order valence-corrected chi connectivity index (χ4v) is 5.50. The van der Waals surface area contributed by atoms with E-state index in [0.717, 1.165) is 37.8 Å². The molecule has 31 heavy (non-hydrogen) atoms. The molecule has 0 atom stereocenters. The first-order valence-electron chi connectivity index (χ1n) is 10.0. The normalized spacial score (nSPS) is 16.4. The molecule has 0 amide bonds. The van der Waals surface area contributed by atoms with Crippen LogP contribution in [0.2, 0.25) is 0 Å². The van der Waals surface area contributed by atoms with Crippen LogP contribution in [0, 0.1) is 0 Å². The van der Waals surface area contributed by atoms with Gasteiger partial charge in [-0.25, -0.2) is 8.42 Å². The van der Waals surface area contributed by atoms with Crippen molar-refractivity contribution in [3.63, 3.8) is 0 Å². The summed E-state index contributed by atoms with van der Waals surface area (Å²) in [6, 6.07) is 9.01. The highest BCUT2D eigenvalue weighted by Gasteiger charge is 2.30. The van der Waals surface area contributed by atoms with Crippen LogP contribution in [0.4, 0.5) is 13.2 Å². The number of nitrogens with zero attached hydrogens (tertiary/aromatic N) is 1. The number of nitrogens with one attached hydrogen (secondary N) is 1. The van der Waals surface area contributed by atoms with Gasteiger partial charge in [0, 0.05) is 29.6 Å². The number of alkyl halides is 3. The second-order valence-electron chi connectivity index (χ2n) is 7.63. The predicted octanol–water partition coefficient (Wildman–Crippen LogP) is 5.23. The molecule has 9 heteroatoms. The largest absolute Gasteiger partial charge is 0.416 e. The molecule has 2 aromatic carbocycles. The number of rotatable bonds is 4. The Labute approximate surface area is 177 Å². The fraction of sp³-hybridized carbons (Fsp3) is 0.318. The number of aromatic amines is 1. The third kappa shape index (κ3) is 4.12. The predicted molar refractivity (Wildman–Crippen MR) is 111 cm³/mol. The highest BCUT2D eigenvalue weighted by atomic mass is 32.2. The summed E-state index contributed by atoms with van der Waals surface area (Å²) in [4.78, 5) is 15.0. The number of carbonyl (C=O) groups is 1. The van der Waals surface area contributed by atoms with Crippen molar-refractivity contribution in [2.75, 3.05) is 13.1 Å². The van der Waals surface area contributed by atoms with E-state index in [1.165, 1.54) is 28.6 Å². The van der Waals surface area contributed by atoms with Crippen molar-refractivity contribution < 1.29 is 26.4 Å². The van der Waals surface area contributed by atoms with Crippen molar-refractivity contribution in [3.05, 3.63) is 53.6 Å². The van der Waals surface area contributed by atoms with Gasteiger partial charge in [0.05, 0.1) is 16.2 Å². The molecule has 0 saturated carbocycles. The minimum absolute atomic E-state index is 0.1000. The number of carbonyl (C=O) groups excluding carboxylic acids is 1. The summed E-state index contributed by atoms with van der Waals surface area (Å²) in [5, 5.41) is 0.417. The van der Waals surface area contributed by atoms with Gasteiger partial charge in [-0.2, -0.15) is 17.5 Å². The highest BCUT2D eigenvalue weighted by Crippen LogP contribution is 2.34. The third-order valence-corrected chi connectivity index (χ3v) is 7.53. The summed E-state index contributed by atoms with van der Waals surface area (Å²) in [6.45, 7) is 0.926. The second kappa shape index (κ2) is 8.12. The molecule has 1 aliphatic rings. The molecule has 0 spiro atoms. The molecule has 1 saturated heterocycles. The molecule has 4 rings (SSSR count). The summed E-state index contributed by atoms with van der Waals surface area (Å²) in [5.74, 6) is 0. The molecule has 0 bridgehead atoms. The number of halogens is 3. The lowest BCUT2D eigenvalue weighted by molar-refractivity contribution is -0.137. The summed E-state index contributed by atoms with van der Waals surface area (Å²) in [6.07, 6.45) is -0.257. The average molecular weight is 450 g/mol. The van der Waals surface area contributed by atoms with Crippen LogP contribution in [0.1, 0.15) is 41.6 Å². The van der Waals surface area contributed by atoms with Gasteiger partial charge in [-0.05, 0) is 48.7 Å². The van der Waals surface area contributed by atoms with Crippen molar-refractivity contribution in [3.8, 4) is 11.3 Å². The van der Waals surface area contributed by atoms with Crippen LogP contribution in [0.3, 0.4) is 0 Å². The summed E-state index contributed by atoms with van der Waals surface area (Å²) in [7, 11) is -3.70. The minimum atomic E-state index is -4.46. The van der Waals surface area contributed by atoms with E-state index >= 15 is 0 Å². The van der Waals surface area contributed by atoms with E-state index in [2.05, 4.69) is 4.98 Å². The molecule has 1 fully saturated rings. The summed E-state index contributed by atoms with van der Waals surface area (Å²) >= 11 is 0. The maximum absolute atomic E-state index is 13.1. The molecule has 0 radical (unpaired) electrons. The first-order valence-corrected chi connectivity index (χ1v) is 11.4.